The van der Waals surface area contributed by atoms with E-state index in [1.54, 1.807) is 0 Å². The molecule has 0 spiro atoms. The van der Waals surface area contributed by atoms with Crippen LogP contribution in [0, 0.1) is 0 Å². The molecule has 3 heterocycles. The zero-order valence-electron chi connectivity index (χ0n) is 14.2. The molecule has 1 aliphatic carbocycles. The zero-order chi connectivity index (χ0) is 16.6. The van der Waals surface area contributed by atoms with Crippen LogP contribution in [0.4, 0.5) is 0 Å². The number of para-hydroxylation sites is 1. The second-order valence-corrected chi connectivity index (χ2v) is 7.16. The molecule has 0 bridgehead atoms. The topological polar surface area (TPSA) is 51.8 Å². The van der Waals surface area contributed by atoms with Gasteiger partial charge in [-0.1, -0.05) is 23.4 Å². The van der Waals surface area contributed by atoms with Crippen LogP contribution < -0.4 is 0 Å². The standard InChI is InChI=1S/C19H22N6/c1-2-4-17(5-3-1)24-11-8-16(21-24)12-23-10-9-18(13-23)25-14-19(20-22-25)15-6-7-15/h1-5,8,11,14-15,18H,6-7,9-10,12-13H2. The van der Waals surface area contributed by atoms with E-state index in [1.165, 1.54) is 18.5 Å². The molecule has 3 aromatic rings. The van der Waals surface area contributed by atoms with E-state index >= 15 is 0 Å². The Labute approximate surface area is 147 Å². The fourth-order valence-electron chi connectivity index (χ4n) is 3.61. The Morgan fingerprint density at radius 3 is 2.76 bits per heavy atom. The van der Waals surface area contributed by atoms with E-state index in [9.17, 15) is 0 Å². The number of likely N-dealkylation sites (tertiary alicyclic amines) is 1. The van der Waals surface area contributed by atoms with Crippen molar-refractivity contribution in [3.8, 4) is 5.69 Å². The van der Waals surface area contributed by atoms with Crippen molar-refractivity contribution >= 4 is 0 Å². The van der Waals surface area contributed by atoms with Crippen molar-refractivity contribution in [1.29, 1.82) is 0 Å². The van der Waals surface area contributed by atoms with Crippen LogP contribution in [0.25, 0.3) is 5.69 Å². The first-order valence-corrected chi connectivity index (χ1v) is 9.09. The summed E-state index contributed by atoms with van der Waals surface area (Å²) in [5.74, 6) is 0.674. The average Bonchev–Trinajstić information content (AvgIpc) is 3.06. The van der Waals surface area contributed by atoms with Crippen LogP contribution in [0.5, 0.6) is 0 Å². The molecular weight excluding hydrogens is 312 g/mol. The Morgan fingerprint density at radius 2 is 1.92 bits per heavy atom. The first kappa shape index (κ1) is 14.8. The third-order valence-electron chi connectivity index (χ3n) is 5.20. The Hall–Kier alpha value is -2.47. The highest BCUT2D eigenvalue weighted by molar-refractivity contribution is 5.30. The highest BCUT2D eigenvalue weighted by atomic mass is 15.4. The van der Waals surface area contributed by atoms with Crippen LogP contribution in [0.15, 0.2) is 48.8 Å². The second kappa shape index (κ2) is 6.11. The predicted molar refractivity (Wildman–Crippen MR) is 94.5 cm³/mol. The lowest BCUT2D eigenvalue weighted by atomic mass is 10.2. The van der Waals surface area contributed by atoms with E-state index in [4.69, 9.17) is 5.10 Å². The lowest BCUT2D eigenvalue weighted by Gasteiger charge is -2.14. The summed E-state index contributed by atoms with van der Waals surface area (Å²) in [4.78, 5) is 2.46. The monoisotopic (exact) mass is 334 g/mol. The van der Waals surface area contributed by atoms with E-state index < -0.39 is 0 Å². The molecule has 1 atom stereocenters. The van der Waals surface area contributed by atoms with Gasteiger partial charge in [-0.05, 0) is 37.5 Å². The smallest absolute Gasteiger partial charge is 0.0858 e. The highest BCUT2D eigenvalue weighted by Gasteiger charge is 2.29. The van der Waals surface area contributed by atoms with Crippen LogP contribution in [0.2, 0.25) is 0 Å². The summed E-state index contributed by atoms with van der Waals surface area (Å²) in [5, 5.41) is 13.4. The number of hydrogen-bond donors (Lipinski definition) is 0. The molecule has 1 saturated carbocycles. The normalized spacial score (nSPS) is 21.0. The molecule has 25 heavy (non-hydrogen) atoms. The average molecular weight is 334 g/mol. The summed E-state index contributed by atoms with van der Waals surface area (Å²) in [5.41, 5.74) is 3.39. The minimum absolute atomic E-state index is 0.441. The molecular formula is C19H22N6. The second-order valence-electron chi connectivity index (χ2n) is 7.16. The fourth-order valence-corrected chi connectivity index (χ4v) is 3.61. The third kappa shape index (κ3) is 3.09. The largest absolute Gasteiger partial charge is 0.295 e. The molecule has 2 aliphatic rings. The van der Waals surface area contributed by atoms with Gasteiger partial charge in [-0.15, -0.1) is 5.10 Å². The van der Waals surface area contributed by atoms with Gasteiger partial charge in [0.2, 0.25) is 0 Å². The quantitative estimate of drug-likeness (QED) is 0.720. The van der Waals surface area contributed by atoms with E-state index in [1.807, 2.05) is 29.1 Å². The summed E-state index contributed by atoms with van der Waals surface area (Å²) in [6.45, 7) is 2.99. The Morgan fingerprint density at radius 1 is 1.04 bits per heavy atom. The Bertz CT molecular complexity index is 848. The van der Waals surface area contributed by atoms with E-state index in [0.717, 1.165) is 37.4 Å². The van der Waals surface area contributed by atoms with Gasteiger partial charge in [0, 0.05) is 37.9 Å². The molecule has 0 radical (unpaired) electrons. The van der Waals surface area contributed by atoms with Gasteiger partial charge >= 0.3 is 0 Å². The van der Waals surface area contributed by atoms with Crippen LogP contribution in [-0.4, -0.2) is 42.8 Å². The number of aromatic nitrogens is 5. The first-order valence-electron chi connectivity index (χ1n) is 9.09. The van der Waals surface area contributed by atoms with E-state index in [0.29, 0.717) is 12.0 Å². The van der Waals surface area contributed by atoms with Crippen LogP contribution in [0.3, 0.4) is 0 Å². The van der Waals surface area contributed by atoms with Crippen molar-refractivity contribution in [3.63, 3.8) is 0 Å². The minimum Gasteiger partial charge on any atom is -0.295 e. The van der Waals surface area contributed by atoms with Crippen LogP contribution in [0.1, 0.15) is 42.6 Å². The molecule has 128 valence electrons. The molecule has 2 fully saturated rings. The lowest BCUT2D eigenvalue weighted by Crippen LogP contribution is -2.21. The molecule has 6 heteroatoms. The molecule has 6 nitrogen and oxygen atoms in total. The van der Waals surface area contributed by atoms with Crippen molar-refractivity contribution in [1.82, 2.24) is 29.7 Å². The molecule has 1 unspecified atom stereocenters. The number of benzene rings is 1. The van der Waals surface area contributed by atoms with Crippen molar-refractivity contribution in [2.45, 2.75) is 37.8 Å². The fraction of sp³-hybridized carbons (Fsp3) is 0.421. The lowest BCUT2D eigenvalue weighted by molar-refractivity contribution is 0.306. The number of nitrogens with zero attached hydrogens (tertiary/aromatic N) is 6. The SMILES string of the molecule is c1ccc(-n2ccc(CN3CCC(n4cc(C5CC5)nn4)C3)n2)cc1. The number of hydrogen-bond acceptors (Lipinski definition) is 4. The summed E-state index contributed by atoms with van der Waals surface area (Å²) < 4.78 is 4.03. The van der Waals surface area contributed by atoms with Gasteiger partial charge in [0.1, 0.15) is 0 Å². The van der Waals surface area contributed by atoms with Gasteiger partial charge < -0.3 is 0 Å². The van der Waals surface area contributed by atoms with E-state index in [-0.39, 0.29) is 0 Å². The molecule has 2 aromatic heterocycles. The van der Waals surface area contributed by atoms with Gasteiger partial charge in [-0.2, -0.15) is 5.10 Å². The maximum atomic E-state index is 4.72. The summed E-state index contributed by atoms with van der Waals surface area (Å²) in [6, 6.07) is 12.8. The van der Waals surface area contributed by atoms with Gasteiger partial charge in [-0.3, -0.25) is 4.90 Å². The summed E-state index contributed by atoms with van der Waals surface area (Å²) in [6.07, 6.45) is 7.89. The van der Waals surface area contributed by atoms with Crippen LogP contribution in [-0.2, 0) is 6.54 Å². The molecule has 1 aromatic carbocycles. The van der Waals surface area contributed by atoms with Crippen LogP contribution >= 0.6 is 0 Å². The van der Waals surface area contributed by atoms with Gasteiger partial charge in [0.15, 0.2) is 0 Å². The van der Waals surface area contributed by atoms with Gasteiger partial charge in [0.25, 0.3) is 0 Å². The minimum atomic E-state index is 0.441. The Balaban J connectivity index is 1.23. The first-order chi connectivity index (χ1) is 12.3. The van der Waals surface area contributed by atoms with Crippen molar-refractivity contribution < 1.29 is 0 Å². The number of rotatable bonds is 5. The molecule has 5 rings (SSSR count). The van der Waals surface area contributed by atoms with Crippen molar-refractivity contribution in [3.05, 3.63) is 60.2 Å². The molecule has 0 amide bonds. The predicted octanol–water partition coefficient (Wildman–Crippen LogP) is 2.79. The van der Waals surface area contributed by atoms with Crippen molar-refractivity contribution in [2.75, 3.05) is 13.1 Å². The summed E-state index contributed by atoms with van der Waals surface area (Å²) >= 11 is 0. The highest BCUT2D eigenvalue weighted by Crippen LogP contribution is 2.39. The zero-order valence-corrected chi connectivity index (χ0v) is 14.2. The van der Waals surface area contributed by atoms with Gasteiger partial charge in [-0.25, -0.2) is 9.36 Å². The van der Waals surface area contributed by atoms with E-state index in [2.05, 4.69) is 44.3 Å². The molecule has 1 saturated heterocycles. The summed E-state index contributed by atoms with van der Waals surface area (Å²) in [7, 11) is 0. The third-order valence-corrected chi connectivity index (χ3v) is 5.20. The van der Waals surface area contributed by atoms with Crippen molar-refractivity contribution in [2.24, 2.45) is 0 Å². The Kier molecular flexibility index (Phi) is 3.63. The van der Waals surface area contributed by atoms with Gasteiger partial charge in [0.05, 0.1) is 23.1 Å². The molecule has 1 aliphatic heterocycles. The maximum absolute atomic E-state index is 4.72. The maximum Gasteiger partial charge on any atom is 0.0858 e. The molecule has 0 N–H and O–H groups in total.